The topological polar surface area (TPSA) is 49.8 Å². The van der Waals surface area contributed by atoms with Gasteiger partial charge in [-0.05, 0) is 25.0 Å². The van der Waals surface area contributed by atoms with Gasteiger partial charge in [-0.2, -0.15) is 0 Å². The molecule has 4 nitrogen and oxygen atoms in total. The number of halogens is 1. The summed E-state index contributed by atoms with van der Waals surface area (Å²) in [6.45, 7) is 0. The van der Waals surface area contributed by atoms with Gasteiger partial charge < -0.3 is 14.7 Å². The molecule has 0 spiro atoms. The third-order valence-corrected chi connectivity index (χ3v) is 3.53. The predicted molar refractivity (Wildman–Crippen MR) is 65.5 cm³/mol. The van der Waals surface area contributed by atoms with Gasteiger partial charge >= 0.3 is 5.97 Å². The number of aliphatic carboxylic acids is 1. The van der Waals surface area contributed by atoms with Crippen LogP contribution in [0.2, 0.25) is 0 Å². The first-order valence-electron chi connectivity index (χ1n) is 5.82. The average Bonchev–Trinajstić information content (AvgIpc) is 2.26. The van der Waals surface area contributed by atoms with Crippen LogP contribution in [0.15, 0.2) is 18.2 Å². The minimum Gasteiger partial charge on any atom is -0.495 e. The van der Waals surface area contributed by atoms with Crippen LogP contribution in [-0.4, -0.2) is 31.3 Å². The van der Waals surface area contributed by atoms with Crippen molar-refractivity contribution in [3.63, 3.8) is 0 Å². The fourth-order valence-corrected chi connectivity index (χ4v) is 2.24. The zero-order valence-electron chi connectivity index (χ0n) is 10.4. The van der Waals surface area contributed by atoms with Gasteiger partial charge in [-0.15, -0.1) is 0 Å². The molecule has 1 aliphatic carbocycles. The van der Waals surface area contributed by atoms with Gasteiger partial charge in [0.05, 0.1) is 18.7 Å². The monoisotopic (exact) mass is 253 g/mol. The summed E-state index contributed by atoms with van der Waals surface area (Å²) < 4.78 is 18.4. The van der Waals surface area contributed by atoms with E-state index in [1.54, 1.807) is 6.07 Å². The molecule has 0 radical (unpaired) electrons. The van der Waals surface area contributed by atoms with Gasteiger partial charge in [-0.1, -0.05) is 0 Å². The number of anilines is 1. The van der Waals surface area contributed by atoms with E-state index in [0.29, 0.717) is 24.3 Å². The zero-order chi connectivity index (χ0) is 13.3. The number of carboxylic acid groups (broad SMARTS) is 1. The Morgan fingerprint density at radius 2 is 2.17 bits per heavy atom. The van der Waals surface area contributed by atoms with Crippen molar-refractivity contribution in [2.45, 2.75) is 18.9 Å². The first-order valence-corrected chi connectivity index (χ1v) is 5.82. The van der Waals surface area contributed by atoms with E-state index >= 15 is 0 Å². The van der Waals surface area contributed by atoms with Crippen LogP contribution in [-0.2, 0) is 4.79 Å². The molecule has 2 rings (SSSR count). The molecule has 0 aromatic heterocycles. The molecule has 1 aromatic rings. The van der Waals surface area contributed by atoms with Gasteiger partial charge in [0, 0.05) is 19.2 Å². The fraction of sp³-hybridized carbons (Fsp3) is 0.462. The average molecular weight is 253 g/mol. The van der Waals surface area contributed by atoms with Crippen LogP contribution in [0.4, 0.5) is 10.1 Å². The minimum atomic E-state index is -0.758. The standard InChI is InChI=1S/C13H16FNO3/c1-15(10-5-8(6-10)13(16)17)11-7-9(14)3-4-12(11)18-2/h3-4,7-8,10H,5-6H2,1-2H3,(H,16,17). The number of carbonyl (C=O) groups is 1. The van der Waals surface area contributed by atoms with E-state index < -0.39 is 5.97 Å². The largest absolute Gasteiger partial charge is 0.495 e. The maximum atomic E-state index is 13.3. The number of nitrogens with zero attached hydrogens (tertiary/aromatic N) is 1. The van der Waals surface area contributed by atoms with Crippen LogP contribution in [0.25, 0.3) is 0 Å². The zero-order valence-corrected chi connectivity index (χ0v) is 10.4. The normalized spacial score (nSPS) is 22.2. The van der Waals surface area contributed by atoms with Crippen LogP contribution in [0, 0.1) is 11.7 Å². The number of carboxylic acids is 1. The number of hydrogen-bond donors (Lipinski definition) is 1. The molecule has 0 atom stereocenters. The highest BCUT2D eigenvalue weighted by atomic mass is 19.1. The second-order valence-electron chi connectivity index (χ2n) is 4.59. The van der Waals surface area contributed by atoms with Gasteiger partial charge in [0.1, 0.15) is 11.6 Å². The van der Waals surface area contributed by atoms with Gasteiger partial charge in [0.2, 0.25) is 0 Å². The van der Waals surface area contributed by atoms with Crippen molar-refractivity contribution in [3.05, 3.63) is 24.0 Å². The molecule has 98 valence electrons. The predicted octanol–water partition coefficient (Wildman–Crippen LogP) is 2.13. The first-order chi connectivity index (χ1) is 8.52. The Morgan fingerprint density at radius 1 is 1.50 bits per heavy atom. The van der Waals surface area contributed by atoms with E-state index in [0.717, 1.165) is 0 Å². The van der Waals surface area contributed by atoms with Crippen LogP contribution in [0.1, 0.15) is 12.8 Å². The summed E-state index contributed by atoms with van der Waals surface area (Å²) in [5, 5.41) is 8.85. The molecule has 0 unspecified atom stereocenters. The van der Waals surface area contributed by atoms with E-state index in [1.807, 2.05) is 11.9 Å². The lowest BCUT2D eigenvalue weighted by atomic mass is 9.79. The lowest BCUT2D eigenvalue weighted by Crippen LogP contribution is -2.45. The molecule has 1 aromatic carbocycles. The number of hydrogen-bond acceptors (Lipinski definition) is 3. The molecule has 0 heterocycles. The summed E-state index contributed by atoms with van der Waals surface area (Å²) in [6, 6.07) is 4.46. The van der Waals surface area contributed by atoms with Crippen molar-refractivity contribution >= 4 is 11.7 Å². The van der Waals surface area contributed by atoms with Crippen molar-refractivity contribution in [2.75, 3.05) is 19.1 Å². The molecule has 0 amide bonds. The van der Waals surface area contributed by atoms with Gasteiger partial charge in [0.15, 0.2) is 0 Å². The molecule has 1 N–H and O–H groups in total. The van der Waals surface area contributed by atoms with Gasteiger partial charge in [-0.25, -0.2) is 4.39 Å². The van der Waals surface area contributed by atoms with E-state index in [2.05, 4.69) is 0 Å². The third kappa shape index (κ3) is 2.25. The lowest BCUT2D eigenvalue weighted by Gasteiger charge is -2.40. The second-order valence-corrected chi connectivity index (χ2v) is 4.59. The van der Waals surface area contributed by atoms with Crippen molar-refractivity contribution in [1.82, 2.24) is 0 Å². The highest BCUT2D eigenvalue weighted by Gasteiger charge is 2.37. The van der Waals surface area contributed by atoms with E-state index in [4.69, 9.17) is 9.84 Å². The molecule has 0 aliphatic heterocycles. The van der Waals surface area contributed by atoms with Crippen LogP contribution in [0.3, 0.4) is 0 Å². The van der Waals surface area contributed by atoms with Crippen LogP contribution in [0.5, 0.6) is 5.75 Å². The summed E-state index contributed by atoms with van der Waals surface area (Å²) in [7, 11) is 3.37. The number of benzene rings is 1. The molecule has 1 aliphatic rings. The quantitative estimate of drug-likeness (QED) is 0.893. The highest BCUT2D eigenvalue weighted by Crippen LogP contribution is 2.37. The number of methoxy groups -OCH3 is 1. The molecule has 5 heteroatoms. The second kappa shape index (κ2) is 4.84. The molecule has 0 saturated heterocycles. The highest BCUT2D eigenvalue weighted by molar-refractivity contribution is 5.72. The molecule has 1 fully saturated rings. The molecular weight excluding hydrogens is 237 g/mol. The Labute approximate surface area is 105 Å². The Kier molecular flexibility index (Phi) is 3.41. The summed E-state index contributed by atoms with van der Waals surface area (Å²) in [4.78, 5) is 12.7. The maximum Gasteiger partial charge on any atom is 0.306 e. The Bertz CT molecular complexity index is 458. The fourth-order valence-electron chi connectivity index (χ4n) is 2.24. The van der Waals surface area contributed by atoms with E-state index in [-0.39, 0.29) is 17.8 Å². The smallest absolute Gasteiger partial charge is 0.306 e. The summed E-state index contributed by atoms with van der Waals surface area (Å²) in [5.74, 6) is -0.771. The number of ether oxygens (including phenoxy) is 1. The SMILES string of the molecule is COc1ccc(F)cc1N(C)C1CC(C(=O)O)C1. The first kappa shape index (κ1) is 12.7. The Morgan fingerprint density at radius 3 is 2.72 bits per heavy atom. The number of rotatable bonds is 4. The third-order valence-electron chi connectivity index (χ3n) is 3.53. The summed E-state index contributed by atoms with van der Waals surface area (Å²) in [5.41, 5.74) is 0.659. The maximum absolute atomic E-state index is 13.3. The van der Waals surface area contributed by atoms with Crippen molar-refractivity contribution in [3.8, 4) is 5.75 Å². The molecule has 18 heavy (non-hydrogen) atoms. The van der Waals surface area contributed by atoms with Crippen molar-refractivity contribution in [1.29, 1.82) is 0 Å². The van der Waals surface area contributed by atoms with Crippen molar-refractivity contribution in [2.24, 2.45) is 5.92 Å². The van der Waals surface area contributed by atoms with Crippen molar-refractivity contribution < 1.29 is 19.0 Å². The molecular formula is C13H16FNO3. The minimum absolute atomic E-state index is 0.127. The van der Waals surface area contributed by atoms with Gasteiger partial charge in [-0.3, -0.25) is 4.79 Å². The van der Waals surface area contributed by atoms with E-state index in [1.165, 1.54) is 19.2 Å². The molecule has 0 bridgehead atoms. The van der Waals surface area contributed by atoms with Gasteiger partial charge in [0.25, 0.3) is 0 Å². The molecule has 1 saturated carbocycles. The summed E-state index contributed by atoms with van der Waals surface area (Å²) >= 11 is 0. The Hall–Kier alpha value is -1.78. The Balaban J connectivity index is 2.12. The van der Waals surface area contributed by atoms with Crippen LogP contribution >= 0.6 is 0 Å². The van der Waals surface area contributed by atoms with E-state index in [9.17, 15) is 9.18 Å². The van der Waals surface area contributed by atoms with Crippen LogP contribution < -0.4 is 9.64 Å². The lowest BCUT2D eigenvalue weighted by molar-refractivity contribution is -0.145. The summed E-state index contributed by atoms with van der Waals surface area (Å²) in [6.07, 6.45) is 1.18.